The van der Waals surface area contributed by atoms with Crippen LogP contribution < -0.4 is 14.2 Å². The Kier molecular flexibility index (Phi) is 11.3. The molecule has 2 N–H and O–H groups in total. The number of H-pyrrole nitrogens is 1. The van der Waals surface area contributed by atoms with Gasteiger partial charge in [-0.15, -0.1) is 10.2 Å². The van der Waals surface area contributed by atoms with Crippen molar-refractivity contribution in [3.63, 3.8) is 0 Å². The van der Waals surface area contributed by atoms with Gasteiger partial charge < -0.3 is 18.8 Å². The molecule has 2 aromatic heterocycles. The average Bonchev–Trinajstić information content (AvgIpc) is 3.94. The molecule has 286 valence electrons. The third-order valence-electron chi connectivity index (χ3n) is 8.95. The van der Waals surface area contributed by atoms with Crippen molar-refractivity contribution in [3.05, 3.63) is 132 Å². The lowest BCUT2D eigenvalue weighted by Crippen LogP contribution is -2.31. The molecule has 17 heteroatoms. The van der Waals surface area contributed by atoms with Crippen LogP contribution in [0.5, 0.6) is 17.2 Å². The van der Waals surface area contributed by atoms with Gasteiger partial charge in [0.05, 0.1) is 38.3 Å². The molecule has 1 atom stereocenters. The molecule has 0 aliphatic carbocycles. The molecule has 0 spiro atoms. The van der Waals surface area contributed by atoms with Crippen LogP contribution in [0.3, 0.4) is 0 Å². The Bertz CT molecular complexity index is 2520. The number of aromatic nitrogens is 7. The Morgan fingerprint density at radius 1 is 0.750 bits per heavy atom. The minimum atomic E-state index is -4.67. The third kappa shape index (κ3) is 8.20. The number of methoxy groups -OCH3 is 3. The number of aromatic amines is 1. The summed E-state index contributed by atoms with van der Waals surface area (Å²) in [5.74, 6) is 2.22. The van der Waals surface area contributed by atoms with Crippen molar-refractivity contribution in [2.75, 3.05) is 21.3 Å². The van der Waals surface area contributed by atoms with E-state index in [1.807, 2.05) is 18.2 Å². The Hall–Kier alpha value is -6.27. The van der Waals surface area contributed by atoms with Crippen LogP contribution in [0.2, 0.25) is 0 Å². The normalized spacial score (nSPS) is 12.1. The summed E-state index contributed by atoms with van der Waals surface area (Å²) in [6.45, 7) is -0.00370. The molecule has 7 aromatic rings. The first kappa shape index (κ1) is 38.0. The largest absolute Gasteiger partial charge is 0.497 e. The smallest absolute Gasteiger partial charge is 0.245 e. The SMILES string of the molecule is COc1ccc(CN(Cc2ccc(OC)cc2)S(=O)(=O)c2c(S(=O)O)ccc(-c3cccc(-c4nc[nH]n4)c3)c2-c2nnn(Cc3ccc(OC)cc3)n2)cc1. The first-order chi connectivity index (χ1) is 27.2. The highest BCUT2D eigenvalue weighted by Crippen LogP contribution is 2.41. The molecule has 15 nitrogen and oxygen atoms in total. The summed E-state index contributed by atoms with van der Waals surface area (Å²) in [6, 6.07) is 31.4. The van der Waals surface area contributed by atoms with Gasteiger partial charge in [0.15, 0.2) is 16.9 Å². The lowest BCUT2D eigenvalue weighted by Gasteiger charge is -2.25. The van der Waals surface area contributed by atoms with Gasteiger partial charge in [0, 0.05) is 18.7 Å². The molecule has 0 aliphatic heterocycles. The molecule has 0 radical (unpaired) electrons. The maximum absolute atomic E-state index is 15.4. The Balaban J connectivity index is 1.43. The molecule has 0 saturated heterocycles. The second kappa shape index (κ2) is 16.6. The third-order valence-corrected chi connectivity index (χ3v) is 11.7. The van der Waals surface area contributed by atoms with E-state index in [0.717, 1.165) is 5.56 Å². The van der Waals surface area contributed by atoms with E-state index in [9.17, 15) is 8.76 Å². The fraction of sp³-hybridized carbons (Fsp3) is 0.154. The molecular formula is C39H36N8O7S2. The van der Waals surface area contributed by atoms with E-state index in [1.54, 1.807) is 106 Å². The van der Waals surface area contributed by atoms with Crippen molar-refractivity contribution in [1.82, 2.24) is 39.7 Å². The molecule has 2 heterocycles. The molecule has 0 fully saturated rings. The van der Waals surface area contributed by atoms with Crippen molar-refractivity contribution < 1.29 is 31.4 Å². The van der Waals surface area contributed by atoms with Crippen LogP contribution in [0.1, 0.15) is 16.7 Å². The highest BCUT2D eigenvalue weighted by molar-refractivity contribution is 7.90. The van der Waals surface area contributed by atoms with E-state index in [1.165, 1.54) is 21.5 Å². The van der Waals surface area contributed by atoms with E-state index in [4.69, 9.17) is 14.2 Å². The summed E-state index contributed by atoms with van der Waals surface area (Å²) in [6.07, 6.45) is 1.45. The minimum absolute atomic E-state index is 0.00696. The maximum atomic E-state index is 15.4. The second-order valence-electron chi connectivity index (χ2n) is 12.4. The maximum Gasteiger partial charge on any atom is 0.245 e. The number of ether oxygens (including phenoxy) is 3. The van der Waals surface area contributed by atoms with E-state index in [-0.39, 0.29) is 35.9 Å². The highest BCUT2D eigenvalue weighted by Gasteiger charge is 2.35. The molecular weight excluding hydrogens is 757 g/mol. The van der Waals surface area contributed by atoms with Gasteiger partial charge in [-0.05, 0) is 81.6 Å². The van der Waals surface area contributed by atoms with Crippen LogP contribution in [0.15, 0.2) is 125 Å². The summed E-state index contributed by atoms with van der Waals surface area (Å²) < 4.78 is 72.0. The van der Waals surface area contributed by atoms with Gasteiger partial charge in [0.25, 0.3) is 0 Å². The summed E-state index contributed by atoms with van der Waals surface area (Å²) in [5.41, 5.74) is 3.69. The highest BCUT2D eigenvalue weighted by atomic mass is 32.2. The average molecular weight is 793 g/mol. The lowest BCUT2D eigenvalue weighted by atomic mass is 9.97. The van der Waals surface area contributed by atoms with Crippen LogP contribution >= 0.6 is 0 Å². The van der Waals surface area contributed by atoms with Gasteiger partial charge in [0.2, 0.25) is 15.8 Å². The van der Waals surface area contributed by atoms with Crippen LogP contribution in [-0.2, 0) is 40.7 Å². The standard InChI is InChI=1S/C39H36N8O7S2/c1-52-31-13-7-26(8-14-31)22-46(23-27-9-15-32(53-2)16-10-27)56(50,51)37-35(55(48)49)20-19-34(29-5-4-6-30(21-29)38-40-25-41-42-38)36(37)39-43-45-47(44-39)24-28-11-17-33(54-3)18-12-28/h4-21,25H,22-24H2,1-3H3,(H,48,49)(H,40,41,42). The first-order valence-electron chi connectivity index (χ1n) is 17.1. The van der Waals surface area contributed by atoms with Crippen molar-refractivity contribution in [1.29, 1.82) is 0 Å². The number of nitrogens with one attached hydrogen (secondary N) is 1. The summed E-state index contributed by atoms with van der Waals surface area (Å²) in [4.78, 5) is 4.81. The molecule has 7 rings (SSSR count). The van der Waals surface area contributed by atoms with Crippen LogP contribution in [0.4, 0.5) is 0 Å². The predicted molar refractivity (Wildman–Crippen MR) is 208 cm³/mol. The van der Waals surface area contributed by atoms with Crippen LogP contribution in [0, 0.1) is 0 Å². The quantitative estimate of drug-likeness (QED) is 0.118. The van der Waals surface area contributed by atoms with E-state index < -0.39 is 26.0 Å². The Morgan fingerprint density at radius 3 is 1.86 bits per heavy atom. The summed E-state index contributed by atoms with van der Waals surface area (Å²) in [7, 11) is -0.00201. The van der Waals surface area contributed by atoms with E-state index in [0.29, 0.717) is 50.9 Å². The fourth-order valence-electron chi connectivity index (χ4n) is 6.12. The number of nitrogens with zero attached hydrogens (tertiary/aromatic N) is 7. The number of hydrogen-bond acceptors (Lipinski definition) is 11. The zero-order chi connectivity index (χ0) is 39.2. The van der Waals surface area contributed by atoms with Gasteiger partial charge in [0.1, 0.15) is 28.5 Å². The number of hydrogen-bond donors (Lipinski definition) is 2. The second-order valence-corrected chi connectivity index (χ2v) is 15.2. The van der Waals surface area contributed by atoms with Gasteiger partial charge >= 0.3 is 0 Å². The molecule has 0 bridgehead atoms. The molecule has 0 saturated carbocycles. The van der Waals surface area contributed by atoms with Crippen molar-refractivity contribution in [2.45, 2.75) is 29.4 Å². The zero-order valence-electron chi connectivity index (χ0n) is 30.4. The molecule has 56 heavy (non-hydrogen) atoms. The number of benzene rings is 5. The van der Waals surface area contributed by atoms with E-state index in [2.05, 4.69) is 30.6 Å². The Labute approximate surface area is 325 Å². The molecule has 5 aromatic carbocycles. The monoisotopic (exact) mass is 792 g/mol. The fourth-order valence-corrected chi connectivity index (χ4v) is 8.77. The lowest BCUT2D eigenvalue weighted by molar-refractivity contribution is 0.396. The molecule has 0 amide bonds. The van der Waals surface area contributed by atoms with Gasteiger partial charge in [-0.25, -0.2) is 17.6 Å². The number of tetrazole rings is 1. The van der Waals surface area contributed by atoms with Crippen LogP contribution in [-0.4, -0.2) is 78.2 Å². The van der Waals surface area contributed by atoms with Crippen LogP contribution in [0.25, 0.3) is 33.9 Å². The topological polar surface area (TPSA) is 188 Å². The first-order valence-corrected chi connectivity index (χ1v) is 19.6. The number of sulfonamides is 1. The minimum Gasteiger partial charge on any atom is -0.497 e. The molecule has 0 aliphatic rings. The van der Waals surface area contributed by atoms with Gasteiger partial charge in [-0.2, -0.15) is 14.2 Å². The zero-order valence-corrected chi connectivity index (χ0v) is 32.1. The predicted octanol–water partition coefficient (Wildman–Crippen LogP) is 5.84. The van der Waals surface area contributed by atoms with Crippen molar-refractivity contribution >= 4 is 21.1 Å². The van der Waals surface area contributed by atoms with E-state index >= 15 is 8.42 Å². The van der Waals surface area contributed by atoms with Crippen molar-refractivity contribution in [2.24, 2.45) is 0 Å². The summed E-state index contributed by atoms with van der Waals surface area (Å²) >= 11 is -2.77. The van der Waals surface area contributed by atoms with Crippen molar-refractivity contribution in [3.8, 4) is 51.2 Å². The molecule has 1 unspecified atom stereocenters. The summed E-state index contributed by atoms with van der Waals surface area (Å²) in [5, 5.41) is 20.2. The van der Waals surface area contributed by atoms with Gasteiger partial charge in [-0.1, -0.05) is 60.7 Å². The van der Waals surface area contributed by atoms with Gasteiger partial charge in [-0.3, -0.25) is 5.10 Å². The number of rotatable bonds is 15. The Morgan fingerprint density at radius 2 is 1.32 bits per heavy atom.